The van der Waals surface area contributed by atoms with Gasteiger partial charge < -0.3 is 15.4 Å². The Morgan fingerprint density at radius 3 is 2.75 bits per heavy atom. The smallest absolute Gasteiger partial charge is 0.269 e. The number of nitrogens with one attached hydrogen (secondary N) is 2. The Balaban J connectivity index is 2.06. The second-order valence-electron chi connectivity index (χ2n) is 5.35. The lowest BCUT2D eigenvalue weighted by Crippen LogP contribution is -2.33. The number of fused-ring (bicyclic) bond motifs is 1. The molecule has 108 valence electrons. The molecule has 0 bridgehead atoms. The third-order valence-electron chi connectivity index (χ3n) is 3.11. The lowest BCUT2D eigenvalue weighted by atomic mass is 10.1. The Bertz CT molecular complexity index is 607. The monoisotopic (exact) mass is 338 g/mol. The van der Waals surface area contributed by atoms with Crippen molar-refractivity contribution in [2.24, 2.45) is 5.92 Å². The number of aliphatic hydroxyl groups is 1. The molecule has 0 fully saturated rings. The van der Waals surface area contributed by atoms with Crippen molar-refractivity contribution in [3.63, 3.8) is 0 Å². The fraction of sp³-hybridized carbons (Fsp3) is 0.400. The number of hydrogen-bond donors (Lipinski definition) is 3. The van der Waals surface area contributed by atoms with Gasteiger partial charge in [0.25, 0.3) is 5.91 Å². The van der Waals surface area contributed by atoms with E-state index in [1.54, 1.807) is 0 Å². The first-order valence-electron chi connectivity index (χ1n) is 6.71. The molecule has 1 heterocycles. The number of aromatic amines is 1. The second kappa shape index (κ2) is 6.41. The van der Waals surface area contributed by atoms with Gasteiger partial charge in [-0.25, -0.2) is 0 Å². The third-order valence-corrected chi connectivity index (χ3v) is 3.94. The number of carbonyl (C=O) groups is 1. The van der Waals surface area contributed by atoms with Crippen LogP contribution < -0.4 is 5.32 Å². The van der Waals surface area contributed by atoms with Crippen molar-refractivity contribution < 1.29 is 9.90 Å². The molecule has 4 nitrogen and oxygen atoms in total. The topological polar surface area (TPSA) is 65.1 Å². The summed E-state index contributed by atoms with van der Waals surface area (Å²) in [5.41, 5.74) is 1.40. The van der Waals surface area contributed by atoms with E-state index >= 15 is 0 Å². The van der Waals surface area contributed by atoms with Crippen LogP contribution in [0, 0.1) is 5.92 Å². The van der Waals surface area contributed by atoms with E-state index in [0.717, 1.165) is 15.4 Å². The fourth-order valence-corrected chi connectivity index (χ4v) is 2.82. The molecule has 1 aromatic heterocycles. The zero-order valence-corrected chi connectivity index (χ0v) is 13.2. The molecule has 1 atom stereocenters. The minimum absolute atomic E-state index is 0.212. The van der Waals surface area contributed by atoms with Crippen LogP contribution in [0.4, 0.5) is 0 Å². The van der Waals surface area contributed by atoms with Crippen LogP contribution >= 0.6 is 15.9 Å². The Morgan fingerprint density at radius 2 is 2.10 bits per heavy atom. The molecule has 0 aliphatic carbocycles. The minimum Gasteiger partial charge on any atom is -0.391 e. The average molecular weight is 339 g/mol. The molecule has 3 N–H and O–H groups in total. The summed E-state index contributed by atoms with van der Waals surface area (Å²) in [6.45, 7) is 4.34. The maximum atomic E-state index is 12.1. The largest absolute Gasteiger partial charge is 0.391 e. The highest BCUT2D eigenvalue weighted by Gasteiger charge is 2.16. The van der Waals surface area contributed by atoms with Crippen LogP contribution in [0.15, 0.2) is 28.7 Å². The van der Waals surface area contributed by atoms with E-state index in [1.807, 2.05) is 38.1 Å². The molecule has 0 saturated carbocycles. The van der Waals surface area contributed by atoms with Crippen LogP contribution in [0.25, 0.3) is 10.9 Å². The molecular weight excluding hydrogens is 320 g/mol. The predicted molar refractivity (Wildman–Crippen MR) is 83.8 cm³/mol. The molecule has 1 unspecified atom stereocenters. The molecule has 1 amide bonds. The maximum absolute atomic E-state index is 12.1. The first-order chi connectivity index (χ1) is 9.49. The number of para-hydroxylation sites is 1. The van der Waals surface area contributed by atoms with E-state index in [2.05, 4.69) is 26.2 Å². The number of aromatic nitrogens is 1. The van der Waals surface area contributed by atoms with Crippen LogP contribution in [-0.2, 0) is 0 Å². The Kier molecular flexibility index (Phi) is 4.83. The second-order valence-corrected chi connectivity index (χ2v) is 6.15. The fourth-order valence-electron chi connectivity index (χ4n) is 2.19. The summed E-state index contributed by atoms with van der Waals surface area (Å²) >= 11 is 3.45. The summed E-state index contributed by atoms with van der Waals surface area (Å²) in [5.74, 6) is 0.192. The Morgan fingerprint density at radius 1 is 1.40 bits per heavy atom. The van der Waals surface area contributed by atoms with Crippen molar-refractivity contribution in [2.75, 3.05) is 6.54 Å². The van der Waals surface area contributed by atoms with Gasteiger partial charge in [-0.3, -0.25) is 4.79 Å². The zero-order chi connectivity index (χ0) is 14.7. The van der Waals surface area contributed by atoms with Gasteiger partial charge >= 0.3 is 0 Å². The number of benzene rings is 1. The lowest BCUT2D eigenvalue weighted by Gasteiger charge is -2.13. The van der Waals surface area contributed by atoms with Gasteiger partial charge in [0.05, 0.1) is 10.6 Å². The van der Waals surface area contributed by atoms with E-state index < -0.39 is 6.10 Å². The SMILES string of the molecule is CC(C)CC(O)CNC(=O)c1[nH]c2ccccc2c1Br. The maximum Gasteiger partial charge on any atom is 0.269 e. The van der Waals surface area contributed by atoms with E-state index in [0.29, 0.717) is 18.0 Å². The van der Waals surface area contributed by atoms with E-state index in [4.69, 9.17) is 0 Å². The normalized spacial score (nSPS) is 12.8. The molecule has 2 aromatic rings. The zero-order valence-electron chi connectivity index (χ0n) is 11.6. The molecule has 0 aliphatic heterocycles. The van der Waals surface area contributed by atoms with Crippen LogP contribution in [-0.4, -0.2) is 28.6 Å². The minimum atomic E-state index is -0.512. The van der Waals surface area contributed by atoms with E-state index in [-0.39, 0.29) is 12.5 Å². The number of amides is 1. The summed E-state index contributed by atoms with van der Waals surface area (Å²) in [7, 11) is 0. The van der Waals surface area contributed by atoms with Gasteiger partial charge in [-0.15, -0.1) is 0 Å². The molecule has 20 heavy (non-hydrogen) atoms. The van der Waals surface area contributed by atoms with Gasteiger partial charge in [0.15, 0.2) is 0 Å². The number of rotatable bonds is 5. The Labute approximate surface area is 126 Å². The van der Waals surface area contributed by atoms with Crippen molar-refractivity contribution in [3.8, 4) is 0 Å². The molecule has 0 aliphatic rings. The summed E-state index contributed by atoms with van der Waals surface area (Å²) in [6, 6.07) is 7.71. The van der Waals surface area contributed by atoms with Crippen molar-refractivity contribution in [3.05, 3.63) is 34.4 Å². The third kappa shape index (κ3) is 3.41. The van der Waals surface area contributed by atoms with Crippen molar-refractivity contribution in [2.45, 2.75) is 26.4 Å². The van der Waals surface area contributed by atoms with Crippen molar-refractivity contribution in [1.29, 1.82) is 0 Å². The van der Waals surface area contributed by atoms with Gasteiger partial charge in [-0.05, 0) is 34.3 Å². The van der Waals surface area contributed by atoms with E-state index in [1.165, 1.54) is 0 Å². The van der Waals surface area contributed by atoms with Crippen LogP contribution in [0.2, 0.25) is 0 Å². The van der Waals surface area contributed by atoms with Crippen molar-refractivity contribution in [1.82, 2.24) is 10.3 Å². The summed E-state index contributed by atoms with van der Waals surface area (Å²) < 4.78 is 0.754. The van der Waals surface area contributed by atoms with Crippen LogP contribution in [0.5, 0.6) is 0 Å². The van der Waals surface area contributed by atoms with Crippen molar-refractivity contribution >= 4 is 32.7 Å². The highest BCUT2D eigenvalue weighted by molar-refractivity contribution is 9.10. The highest BCUT2D eigenvalue weighted by Crippen LogP contribution is 2.27. The number of carbonyl (C=O) groups excluding carboxylic acids is 1. The standard InChI is InChI=1S/C15H19BrN2O2/c1-9(2)7-10(19)8-17-15(20)14-13(16)11-5-3-4-6-12(11)18-14/h3-6,9-10,18-19H,7-8H2,1-2H3,(H,17,20). The number of H-pyrrole nitrogens is 1. The molecule has 0 radical (unpaired) electrons. The average Bonchev–Trinajstić information content (AvgIpc) is 2.73. The summed E-state index contributed by atoms with van der Waals surface area (Å²) in [6.07, 6.45) is 0.163. The number of aliphatic hydroxyl groups excluding tert-OH is 1. The van der Waals surface area contributed by atoms with Crippen LogP contribution in [0.1, 0.15) is 30.8 Å². The summed E-state index contributed by atoms with van der Waals surface area (Å²) in [5, 5.41) is 13.5. The number of hydrogen-bond acceptors (Lipinski definition) is 2. The Hall–Kier alpha value is -1.33. The first kappa shape index (κ1) is 15.1. The van der Waals surface area contributed by atoms with Gasteiger partial charge in [-0.1, -0.05) is 32.0 Å². The molecule has 1 aromatic carbocycles. The molecule has 5 heteroatoms. The summed E-state index contributed by atoms with van der Waals surface area (Å²) in [4.78, 5) is 15.2. The van der Waals surface area contributed by atoms with Gasteiger partial charge in [0.1, 0.15) is 5.69 Å². The lowest BCUT2D eigenvalue weighted by molar-refractivity contribution is 0.0895. The molecule has 0 saturated heterocycles. The highest BCUT2D eigenvalue weighted by atomic mass is 79.9. The number of halogens is 1. The first-order valence-corrected chi connectivity index (χ1v) is 7.50. The quantitative estimate of drug-likeness (QED) is 0.784. The molecule has 2 rings (SSSR count). The van der Waals surface area contributed by atoms with Gasteiger partial charge in [-0.2, -0.15) is 0 Å². The molecule has 0 spiro atoms. The predicted octanol–water partition coefficient (Wildman–Crippen LogP) is 3.07. The van der Waals surface area contributed by atoms with Crippen LogP contribution in [0.3, 0.4) is 0 Å². The molecular formula is C15H19BrN2O2. The van der Waals surface area contributed by atoms with Gasteiger partial charge in [0.2, 0.25) is 0 Å². The van der Waals surface area contributed by atoms with Gasteiger partial charge in [0, 0.05) is 17.4 Å². The van der Waals surface area contributed by atoms with E-state index in [9.17, 15) is 9.90 Å².